The molecule has 2 rings (SSSR count). The second-order valence-corrected chi connectivity index (χ2v) is 7.31. The highest BCUT2D eigenvalue weighted by Gasteiger charge is 2.13. The topological polar surface area (TPSA) is 71.5 Å². The molecule has 21 heavy (non-hydrogen) atoms. The molecule has 0 spiro atoms. The van der Waals surface area contributed by atoms with Gasteiger partial charge in [0.15, 0.2) is 0 Å². The number of ether oxygens (including phenoxy) is 1. The van der Waals surface area contributed by atoms with Gasteiger partial charge in [-0.05, 0) is 24.3 Å². The monoisotopic (exact) mass is 327 g/mol. The molecule has 6 nitrogen and oxygen atoms in total. The van der Waals surface area contributed by atoms with Crippen molar-refractivity contribution in [3.8, 4) is 16.3 Å². The van der Waals surface area contributed by atoms with E-state index in [1.807, 2.05) is 29.6 Å². The highest BCUT2D eigenvalue weighted by Crippen LogP contribution is 2.25. The Hall–Kier alpha value is -1.48. The number of hydrogen-bond donors (Lipinski definition) is 1. The van der Waals surface area contributed by atoms with Gasteiger partial charge < -0.3 is 4.74 Å². The van der Waals surface area contributed by atoms with Crippen LogP contribution in [0.5, 0.6) is 5.75 Å². The van der Waals surface area contributed by atoms with Crippen molar-refractivity contribution in [1.29, 1.82) is 0 Å². The van der Waals surface area contributed by atoms with E-state index in [9.17, 15) is 8.42 Å². The van der Waals surface area contributed by atoms with Gasteiger partial charge in [-0.15, -0.1) is 11.3 Å². The van der Waals surface area contributed by atoms with E-state index in [2.05, 4.69) is 9.71 Å². The number of nitrogens with one attached hydrogen (secondary N) is 1. The standard InChI is InChI=1S/C13H17N3O3S2/c1-16(2)21(17,18)14-8-11-9-20-13(15-11)10-4-6-12(19-3)7-5-10/h4-7,9,14H,8H2,1-3H3. The summed E-state index contributed by atoms with van der Waals surface area (Å²) in [7, 11) is 1.15. The summed E-state index contributed by atoms with van der Waals surface area (Å²) in [6.45, 7) is 0.174. The Bertz CT molecular complexity index is 694. The molecule has 0 saturated carbocycles. The maximum Gasteiger partial charge on any atom is 0.279 e. The van der Waals surface area contributed by atoms with E-state index in [1.54, 1.807) is 7.11 Å². The fraction of sp³-hybridized carbons (Fsp3) is 0.308. The third kappa shape index (κ3) is 4.01. The summed E-state index contributed by atoms with van der Waals surface area (Å²) in [5.74, 6) is 0.786. The summed E-state index contributed by atoms with van der Waals surface area (Å²) in [4.78, 5) is 4.43. The predicted octanol–water partition coefficient (Wildman–Crippen LogP) is 1.71. The minimum absolute atomic E-state index is 0.174. The average Bonchev–Trinajstić information content (AvgIpc) is 2.94. The number of benzene rings is 1. The van der Waals surface area contributed by atoms with Crippen molar-refractivity contribution in [2.24, 2.45) is 0 Å². The van der Waals surface area contributed by atoms with Crippen LogP contribution >= 0.6 is 11.3 Å². The highest BCUT2D eigenvalue weighted by atomic mass is 32.2. The van der Waals surface area contributed by atoms with Crippen LogP contribution in [0.15, 0.2) is 29.6 Å². The quantitative estimate of drug-likeness (QED) is 0.877. The zero-order valence-corrected chi connectivity index (χ0v) is 13.7. The van der Waals surface area contributed by atoms with E-state index < -0.39 is 10.2 Å². The highest BCUT2D eigenvalue weighted by molar-refractivity contribution is 7.87. The molecule has 0 radical (unpaired) electrons. The lowest BCUT2D eigenvalue weighted by Crippen LogP contribution is -2.35. The van der Waals surface area contributed by atoms with Gasteiger partial charge in [0.1, 0.15) is 10.8 Å². The van der Waals surface area contributed by atoms with E-state index >= 15 is 0 Å². The molecule has 114 valence electrons. The smallest absolute Gasteiger partial charge is 0.279 e. The maximum atomic E-state index is 11.6. The molecule has 0 saturated heterocycles. The van der Waals surface area contributed by atoms with Crippen LogP contribution in [0.2, 0.25) is 0 Å². The summed E-state index contributed by atoms with van der Waals surface area (Å²) >= 11 is 1.47. The van der Waals surface area contributed by atoms with E-state index in [0.29, 0.717) is 5.69 Å². The molecule has 1 heterocycles. The van der Waals surface area contributed by atoms with E-state index in [0.717, 1.165) is 20.6 Å². The van der Waals surface area contributed by atoms with Crippen molar-refractivity contribution in [2.75, 3.05) is 21.2 Å². The lowest BCUT2D eigenvalue weighted by atomic mass is 10.2. The first-order valence-electron chi connectivity index (χ1n) is 6.18. The van der Waals surface area contributed by atoms with Crippen LogP contribution in [0.4, 0.5) is 0 Å². The lowest BCUT2D eigenvalue weighted by Gasteiger charge is -2.11. The van der Waals surface area contributed by atoms with E-state index in [1.165, 1.54) is 25.4 Å². The van der Waals surface area contributed by atoms with Gasteiger partial charge in [0.25, 0.3) is 10.2 Å². The Morgan fingerprint density at radius 3 is 2.52 bits per heavy atom. The van der Waals surface area contributed by atoms with Gasteiger partial charge in [0, 0.05) is 25.0 Å². The molecule has 8 heteroatoms. The number of nitrogens with zero attached hydrogens (tertiary/aromatic N) is 2. The van der Waals surface area contributed by atoms with Gasteiger partial charge >= 0.3 is 0 Å². The zero-order valence-electron chi connectivity index (χ0n) is 12.0. The Morgan fingerprint density at radius 1 is 1.29 bits per heavy atom. The van der Waals surface area contributed by atoms with Crippen LogP contribution in [0.25, 0.3) is 10.6 Å². The molecule has 0 aliphatic rings. The van der Waals surface area contributed by atoms with Crippen molar-refractivity contribution >= 4 is 21.5 Å². The number of aromatic nitrogens is 1. The molecule has 0 bridgehead atoms. The Balaban J connectivity index is 2.07. The fourth-order valence-electron chi connectivity index (χ4n) is 1.55. The van der Waals surface area contributed by atoms with Crippen LogP contribution in [0.1, 0.15) is 5.69 Å². The van der Waals surface area contributed by atoms with Gasteiger partial charge in [-0.3, -0.25) is 0 Å². The van der Waals surface area contributed by atoms with Crippen molar-refractivity contribution in [1.82, 2.24) is 14.0 Å². The Morgan fingerprint density at radius 2 is 1.95 bits per heavy atom. The molecule has 0 unspecified atom stereocenters. The van der Waals surface area contributed by atoms with Gasteiger partial charge in [0.2, 0.25) is 0 Å². The third-order valence-electron chi connectivity index (χ3n) is 2.81. The minimum atomic E-state index is -3.43. The average molecular weight is 327 g/mol. The van der Waals surface area contributed by atoms with Crippen LogP contribution < -0.4 is 9.46 Å². The van der Waals surface area contributed by atoms with Gasteiger partial charge in [-0.25, -0.2) is 4.98 Å². The third-order valence-corrected chi connectivity index (χ3v) is 5.22. The van der Waals surface area contributed by atoms with Crippen LogP contribution in [-0.4, -0.2) is 38.9 Å². The molecule has 1 aromatic heterocycles. The molecule has 0 aliphatic carbocycles. The van der Waals surface area contributed by atoms with Gasteiger partial charge in [0.05, 0.1) is 19.3 Å². The van der Waals surface area contributed by atoms with E-state index in [-0.39, 0.29) is 6.54 Å². The first-order chi connectivity index (χ1) is 9.92. The molecule has 0 atom stereocenters. The summed E-state index contributed by atoms with van der Waals surface area (Å²) in [6, 6.07) is 7.58. The maximum absolute atomic E-state index is 11.6. The summed E-state index contributed by atoms with van der Waals surface area (Å²) < 4.78 is 32.0. The van der Waals surface area contributed by atoms with Crippen molar-refractivity contribution in [2.45, 2.75) is 6.54 Å². The van der Waals surface area contributed by atoms with Gasteiger partial charge in [-0.2, -0.15) is 17.4 Å². The summed E-state index contributed by atoms with van der Waals surface area (Å²) in [6.07, 6.45) is 0. The lowest BCUT2D eigenvalue weighted by molar-refractivity contribution is 0.415. The normalized spacial score (nSPS) is 11.8. The number of methoxy groups -OCH3 is 1. The van der Waals surface area contributed by atoms with Gasteiger partial charge in [-0.1, -0.05) is 0 Å². The molecule has 0 amide bonds. The molecule has 2 aromatic rings. The minimum Gasteiger partial charge on any atom is -0.497 e. The second kappa shape index (κ2) is 6.52. The van der Waals surface area contributed by atoms with Crippen molar-refractivity contribution in [3.63, 3.8) is 0 Å². The molecule has 0 aliphatic heterocycles. The summed E-state index contributed by atoms with van der Waals surface area (Å²) in [5, 5.41) is 2.69. The van der Waals surface area contributed by atoms with E-state index in [4.69, 9.17) is 4.74 Å². The fourth-order valence-corrected chi connectivity index (χ4v) is 2.96. The number of rotatable bonds is 6. The van der Waals surface area contributed by atoms with Crippen LogP contribution in [-0.2, 0) is 16.8 Å². The zero-order chi connectivity index (χ0) is 15.5. The number of hydrogen-bond acceptors (Lipinski definition) is 5. The molecule has 0 fully saturated rings. The number of thiazole rings is 1. The van der Waals surface area contributed by atoms with Crippen LogP contribution in [0.3, 0.4) is 0 Å². The van der Waals surface area contributed by atoms with Crippen molar-refractivity contribution < 1.29 is 13.2 Å². The first kappa shape index (κ1) is 15.9. The van der Waals surface area contributed by atoms with Crippen LogP contribution in [0, 0.1) is 0 Å². The molecular formula is C13H17N3O3S2. The predicted molar refractivity (Wildman–Crippen MR) is 83.5 cm³/mol. The molecular weight excluding hydrogens is 310 g/mol. The Kier molecular flexibility index (Phi) is 4.94. The second-order valence-electron chi connectivity index (χ2n) is 4.48. The largest absolute Gasteiger partial charge is 0.497 e. The molecule has 1 N–H and O–H groups in total. The van der Waals surface area contributed by atoms with Crippen molar-refractivity contribution in [3.05, 3.63) is 35.3 Å². The SMILES string of the molecule is COc1ccc(-c2nc(CNS(=O)(=O)N(C)C)cs2)cc1. The Labute approximate surface area is 128 Å². The summed E-state index contributed by atoms with van der Waals surface area (Å²) in [5.41, 5.74) is 1.67. The molecule has 1 aromatic carbocycles. The first-order valence-corrected chi connectivity index (χ1v) is 8.50.